The van der Waals surface area contributed by atoms with Crippen molar-refractivity contribution < 1.29 is 9.90 Å². The van der Waals surface area contributed by atoms with E-state index in [0.717, 1.165) is 5.56 Å². The first kappa shape index (κ1) is 11.7. The van der Waals surface area contributed by atoms with Gasteiger partial charge < -0.3 is 10.4 Å². The van der Waals surface area contributed by atoms with Gasteiger partial charge in [-0.2, -0.15) is 0 Å². The second-order valence-electron chi connectivity index (χ2n) is 3.86. The van der Waals surface area contributed by atoms with Gasteiger partial charge in [0.2, 0.25) is 0 Å². The van der Waals surface area contributed by atoms with E-state index in [1.807, 2.05) is 26.0 Å². The van der Waals surface area contributed by atoms with Crippen molar-refractivity contribution in [1.29, 1.82) is 0 Å². The van der Waals surface area contributed by atoms with Gasteiger partial charge in [0.05, 0.1) is 0 Å². The largest absolute Gasteiger partial charge is 0.396 e. The average molecular weight is 207 g/mol. The first-order valence-electron chi connectivity index (χ1n) is 5.09. The molecule has 3 heteroatoms. The lowest BCUT2D eigenvalue weighted by molar-refractivity contribution is 0.0942. The van der Waals surface area contributed by atoms with Gasteiger partial charge in [-0.1, -0.05) is 24.6 Å². The van der Waals surface area contributed by atoms with Crippen molar-refractivity contribution in [3.63, 3.8) is 0 Å². The van der Waals surface area contributed by atoms with E-state index in [-0.39, 0.29) is 18.4 Å². The molecule has 0 aromatic heterocycles. The molecule has 0 radical (unpaired) electrons. The zero-order chi connectivity index (χ0) is 11.3. The van der Waals surface area contributed by atoms with Crippen LogP contribution in [0.3, 0.4) is 0 Å². The molecule has 82 valence electrons. The standard InChI is InChI=1S/C12H17NO2/c1-9-3-5-11(6-4-9)12(15)13-7-10(2)8-14/h3-6,10,14H,7-8H2,1-2H3,(H,13,15). The Kier molecular flexibility index (Phi) is 4.31. The molecule has 0 saturated heterocycles. The van der Waals surface area contributed by atoms with E-state index < -0.39 is 0 Å². The van der Waals surface area contributed by atoms with Crippen molar-refractivity contribution in [3.05, 3.63) is 35.4 Å². The minimum Gasteiger partial charge on any atom is -0.396 e. The predicted octanol–water partition coefficient (Wildman–Crippen LogP) is 1.35. The van der Waals surface area contributed by atoms with Gasteiger partial charge in [-0.25, -0.2) is 0 Å². The smallest absolute Gasteiger partial charge is 0.251 e. The van der Waals surface area contributed by atoms with E-state index in [4.69, 9.17) is 5.11 Å². The van der Waals surface area contributed by atoms with Crippen LogP contribution in [0.25, 0.3) is 0 Å². The Bertz CT molecular complexity index is 319. The third kappa shape index (κ3) is 3.72. The van der Waals surface area contributed by atoms with Gasteiger partial charge >= 0.3 is 0 Å². The Morgan fingerprint density at radius 2 is 2.00 bits per heavy atom. The summed E-state index contributed by atoms with van der Waals surface area (Å²) in [5.41, 5.74) is 1.79. The van der Waals surface area contributed by atoms with E-state index >= 15 is 0 Å². The van der Waals surface area contributed by atoms with Crippen molar-refractivity contribution in [2.45, 2.75) is 13.8 Å². The van der Waals surface area contributed by atoms with E-state index in [1.54, 1.807) is 12.1 Å². The summed E-state index contributed by atoms with van der Waals surface area (Å²) in [7, 11) is 0. The molecule has 3 nitrogen and oxygen atoms in total. The van der Waals surface area contributed by atoms with Gasteiger partial charge in [-0.3, -0.25) is 4.79 Å². The second kappa shape index (κ2) is 5.51. The molecular weight excluding hydrogens is 190 g/mol. The quantitative estimate of drug-likeness (QED) is 0.783. The van der Waals surface area contributed by atoms with Crippen LogP contribution in [-0.2, 0) is 0 Å². The topological polar surface area (TPSA) is 49.3 Å². The lowest BCUT2D eigenvalue weighted by Crippen LogP contribution is -2.29. The summed E-state index contributed by atoms with van der Waals surface area (Å²) in [6.45, 7) is 4.46. The Labute approximate surface area is 90.1 Å². The first-order chi connectivity index (χ1) is 7.13. The fraction of sp³-hybridized carbons (Fsp3) is 0.417. The number of hydrogen-bond acceptors (Lipinski definition) is 2. The van der Waals surface area contributed by atoms with Gasteiger partial charge in [0.1, 0.15) is 0 Å². The summed E-state index contributed by atoms with van der Waals surface area (Å²) in [6, 6.07) is 7.41. The molecule has 0 aliphatic heterocycles. The maximum atomic E-state index is 11.6. The summed E-state index contributed by atoms with van der Waals surface area (Å²) >= 11 is 0. The van der Waals surface area contributed by atoms with Crippen LogP contribution < -0.4 is 5.32 Å². The molecular formula is C12H17NO2. The van der Waals surface area contributed by atoms with Gasteiger partial charge in [-0.05, 0) is 25.0 Å². The van der Waals surface area contributed by atoms with E-state index in [0.29, 0.717) is 12.1 Å². The van der Waals surface area contributed by atoms with Crippen molar-refractivity contribution in [1.82, 2.24) is 5.32 Å². The van der Waals surface area contributed by atoms with E-state index in [2.05, 4.69) is 5.32 Å². The third-order valence-electron chi connectivity index (χ3n) is 2.24. The number of carbonyl (C=O) groups is 1. The molecule has 2 N–H and O–H groups in total. The molecule has 0 spiro atoms. The number of nitrogens with one attached hydrogen (secondary N) is 1. The lowest BCUT2D eigenvalue weighted by Gasteiger charge is -2.09. The van der Waals surface area contributed by atoms with Gasteiger partial charge in [0.25, 0.3) is 5.91 Å². The number of aryl methyl sites for hydroxylation is 1. The average Bonchev–Trinajstić information content (AvgIpc) is 2.26. The van der Waals surface area contributed by atoms with Crippen LogP contribution >= 0.6 is 0 Å². The highest BCUT2D eigenvalue weighted by molar-refractivity contribution is 5.94. The van der Waals surface area contributed by atoms with Crippen molar-refractivity contribution in [2.75, 3.05) is 13.2 Å². The molecule has 1 amide bonds. The fourth-order valence-corrected chi connectivity index (χ4v) is 1.14. The maximum Gasteiger partial charge on any atom is 0.251 e. The summed E-state index contributed by atoms with van der Waals surface area (Å²) < 4.78 is 0. The molecule has 1 atom stereocenters. The van der Waals surface area contributed by atoms with Crippen molar-refractivity contribution in [3.8, 4) is 0 Å². The molecule has 1 unspecified atom stereocenters. The highest BCUT2D eigenvalue weighted by Crippen LogP contribution is 2.03. The monoisotopic (exact) mass is 207 g/mol. The fourth-order valence-electron chi connectivity index (χ4n) is 1.14. The number of rotatable bonds is 4. The highest BCUT2D eigenvalue weighted by atomic mass is 16.3. The van der Waals surface area contributed by atoms with Crippen LogP contribution in [0.4, 0.5) is 0 Å². The summed E-state index contributed by atoms with van der Waals surface area (Å²) in [6.07, 6.45) is 0. The SMILES string of the molecule is Cc1ccc(C(=O)NCC(C)CO)cc1. The van der Waals surface area contributed by atoms with Crippen molar-refractivity contribution in [2.24, 2.45) is 5.92 Å². The number of aliphatic hydroxyl groups excluding tert-OH is 1. The number of hydrogen-bond donors (Lipinski definition) is 2. The van der Waals surface area contributed by atoms with Crippen LogP contribution in [0.2, 0.25) is 0 Å². The Hall–Kier alpha value is -1.35. The lowest BCUT2D eigenvalue weighted by atomic mass is 10.1. The molecule has 0 saturated carbocycles. The zero-order valence-electron chi connectivity index (χ0n) is 9.16. The first-order valence-corrected chi connectivity index (χ1v) is 5.09. The van der Waals surface area contributed by atoms with Crippen LogP contribution in [0.1, 0.15) is 22.8 Å². The van der Waals surface area contributed by atoms with Gasteiger partial charge in [0.15, 0.2) is 0 Å². The van der Waals surface area contributed by atoms with Crippen LogP contribution in [0.15, 0.2) is 24.3 Å². The summed E-state index contributed by atoms with van der Waals surface area (Å²) in [5.74, 6) is 0.00898. The van der Waals surface area contributed by atoms with E-state index in [1.165, 1.54) is 0 Å². The second-order valence-corrected chi connectivity index (χ2v) is 3.86. The number of benzene rings is 1. The van der Waals surface area contributed by atoms with E-state index in [9.17, 15) is 4.79 Å². The van der Waals surface area contributed by atoms with Crippen LogP contribution in [0.5, 0.6) is 0 Å². The summed E-state index contributed by atoms with van der Waals surface area (Å²) in [5, 5.41) is 11.6. The number of amides is 1. The minimum atomic E-state index is -0.0877. The number of aliphatic hydroxyl groups is 1. The predicted molar refractivity (Wildman–Crippen MR) is 59.8 cm³/mol. The Balaban J connectivity index is 2.50. The Morgan fingerprint density at radius 1 is 1.40 bits per heavy atom. The molecule has 1 aromatic rings. The Morgan fingerprint density at radius 3 is 2.53 bits per heavy atom. The molecule has 1 aromatic carbocycles. The third-order valence-corrected chi connectivity index (χ3v) is 2.24. The summed E-state index contributed by atoms with van der Waals surface area (Å²) in [4.78, 5) is 11.6. The maximum absolute atomic E-state index is 11.6. The van der Waals surface area contributed by atoms with Crippen LogP contribution in [0, 0.1) is 12.8 Å². The van der Waals surface area contributed by atoms with Crippen molar-refractivity contribution >= 4 is 5.91 Å². The number of carbonyl (C=O) groups excluding carboxylic acids is 1. The molecule has 15 heavy (non-hydrogen) atoms. The normalized spacial score (nSPS) is 12.2. The molecule has 1 rings (SSSR count). The van der Waals surface area contributed by atoms with Gasteiger partial charge in [0, 0.05) is 18.7 Å². The molecule has 0 aliphatic rings. The molecule has 0 heterocycles. The van der Waals surface area contributed by atoms with Crippen LogP contribution in [-0.4, -0.2) is 24.2 Å². The molecule has 0 aliphatic carbocycles. The minimum absolute atomic E-state index is 0.0877. The highest BCUT2D eigenvalue weighted by Gasteiger charge is 2.06. The molecule has 0 fully saturated rings. The molecule has 0 bridgehead atoms. The zero-order valence-corrected chi connectivity index (χ0v) is 9.16. The van der Waals surface area contributed by atoms with Gasteiger partial charge in [-0.15, -0.1) is 0 Å².